The summed E-state index contributed by atoms with van der Waals surface area (Å²) in [7, 11) is 0. The Bertz CT molecular complexity index is 1040. The molecule has 1 saturated heterocycles. The van der Waals surface area contributed by atoms with Gasteiger partial charge < -0.3 is 20.9 Å². The number of nitrogens with one attached hydrogen (secondary N) is 1. The summed E-state index contributed by atoms with van der Waals surface area (Å²) >= 11 is 5.95. The molecular formula is C24H26ClN5O2. The molecule has 0 radical (unpaired) electrons. The van der Waals surface area contributed by atoms with E-state index in [2.05, 4.69) is 16.9 Å². The number of allylic oxidation sites excluding steroid dienone is 1. The highest BCUT2D eigenvalue weighted by molar-refractivity contribution is 6.30. The van der Waals surface area contributed by atoms with Gasteiger partial charge in [-0.1, -0.05) is 30.3 Å². The highest BCUT2D eigenvalue weighted by Gasteiger charge is 2.23. The van der Waals surface area contributed by atoms with Crippen LogP contribution in [0.4, 0.5) is 5.69 Å². The first-order valence-corrected chi connectivity index (χ1v) is 10.6. The lowest BCUT2D eigenvalue weighted by Crippen LogP contribution is -2.50. The Morgan fingerprint density at radius 1 is 1.00 bits per heavy atom. The maximum absolute atomic E-state index is 12.7. The number of hydrogen-bond donors (Lipinski definition) is 2. The Morgan fingerprint density at radius 2 is 1.56 bits per heavy atom. The first-order chi connectivity index (χ1) is 15.4. The fourth-order valence-corrected chi connectivity index (χ4v) is 3.48. The molecule has 1 aliphatic rings. The Balaban J connectivity index is 1.64. The zero-order chi connectivity index (χ0) is 23.1. The van der Waals surface area contributed by atoms with Gasteiger partial charge in [0.25, 0.3) is 5.91 Å². The van der Waals surface area contributed by atoms with Gasteiger partial charge in [-0.15, -0.1) is 0 Å². The van der Waals surface area contributed by atoms with E-state index in [1.165, 1.54) is 6.20 Å². The summed E-state index contributed by atoms with van der Waals surface area (Å²) in [5.41, 5.74) is 8.40. The second-order valence-electron chi connectivity index (χ2n) is 7.31. The number of nitrogens with zero attached hydrogens (tertiary/aromatic N) is 3. The van der Waals surface area contributed by atoms with Crippen LogP contribution in [0.2, 0.25) is 5.02 Å². The van der Waals surface area contributed by atoms with Crippen LogP contribution >= 0.6 is 11.6 Å². The highest BCUT2D eigenvalue weighted by Crippen LogP contribution is 2.16. The maximum Gasteiger partial charge on any atom is 0.253 e. The van der Waals surface area contributed by atoms with E-state index >= 15 is 0 Å². The van der Waals surface area contributed by atoms with Gasteiger partial charge in [0.15, 0.2) is 0 Å². The number of anilines is 1. The van der Waals surface area contributed by atoms with Crippen molar-refractivity contribution in [2.75, 3.05) is 31.5 Å². The Morgan fingerprint density at radius 3 is 2.12 bits per heavy atom. The lowest BCUT2D eigenvalue weighted by atomic mass is 10.1. The second-order valence-corrected chi connectivity index (χ2v) is 7.75. The highest BCUT2D eigenvalue weighted by atomic mass is 35.5. The number of nitrogens with two attached hydrogens (primary N) is 1. The number of aliphatic imine (C=N–C) groups is 1. The summed E-state index contributed by atoms with van der Waals surface area (Å²) in [4.78, 5) is 32.2. The van der Waals surface area contributed by atoms with Gasteiger partial charge in [-0.25, -0.2) is 4.99 Å². The van der Waals surface area contributed by atoms with Gasteiger partial charge in [0, 0.05) is 54.9 Å². The largest absolute Gasteiger partial charge is 0.405 e. The normalized spacial score (nSPS) is 14.5. The third kappa shape index (κ3) is 5.98. The van der Waals surface area contributed by atoms with Crippen LogP contribution < -0.4 is 11.1 Å². The summed E-state index contributed by atoms with van der Waals surface area (Å²) in [6.07, 6.45) is 3.10. The van der Waals surface area contributed by atoms with Crippen molar-refractivity contribution in [2.45, 2.75) is 6.92 Å². The van der Waals surface area contributed by atoms with Crippen molar-refractivity contribution in [3.05, 3.63) is 89.4 Å². The number of hydrogen-bond acceptors (Lipinski definition) is 5. The van der Waals surface area contributed by atoms with Crippen LogP contribution in [0.3, 0.4) is 0 Å². The molecule has 7 nitrogen and oxygen atoms in total. The molecular weight excluding hydrogens is 426 g/mol. The lowest BCUT2D eigenvalue weighted by Gasteiger charge is -2.34. The Hall–Kier alpha value is -3.58. The van der Waals surface area contributed by atoms with E-state index in [0.29, 0.717) is 48.3 Å². The van der Waals surface area contributed by atoms with E-state index in [4.69, 9.17) is 17.3 Å². The summed E-state index contributed by atoms with van der Waals surface area (Å²) in [5.74, 6) is 0.416. The van der Waals surface area contributed by atoms with Crippen molar-refractivity contribution < 1.29 is 9.59 Å². The van der Waals surface area contributed by atoms with Crippen molar-refractivity contribution in [3.8, 4) is 0 Å². The first kappa shape index (κ1) is 23.1. The average Bonchev–Trinajstić information content (AvgIpc) is 2.79. The lowest BCUT2D eigenvalue weighted by molar-refractivity contribution is -0.130. The fraction of sp³-hybridized carbons (Fsp3) is 0.208. The number of carbonyl (C=O) groups is 2. The SMILES string of the molecule is C=C(/N=C(\C=C/N)c1ccc(Cl)cc1)Nc1ccc(C(=O)N2CCN(C(C)=O)CC2)cc1. The molecule has 0 aromatic heterocycles. The number of halogens is 1. The van der Waals surface area contributed by atoms with E-state index in [1.807, 2.05) is 12.1 Å². The van der Waals surface area contributed by atoms with Gasteiger partial charge in [-0.2, -0.15) is 0 Å². The average molecular weight is 452 g/mol. The summed E-state index contributed by atoms with van der Waals surface area (Å²) < 4.78 is 0. The standard InChI is InChI=1S/C24H26ClN5O2/c1-17(28-23(11-12-26)19-3-7-21(25)8-4-19)27-22-9-5-20(6-10-22)24(32)30-15-13-29(14-16-30)18(2)31/h3-12,27H,1,13-16,26H2,2H3/b12-11-,28-23+. The van der Waals surface area contributed by atoms with Crippen molar-refractivity contribution in [3.63, 3.8) is 0 Å². The van der Waals surface area contributed by atoms with Crippen LogP contribution in [0, 0.1) is 0 Å². The quantitative estimate of drug-likeness (QED) is 0.658. The van der Waals surface area contributed by atoms with Gasteiger partial charge in [-0.05, 0) is 48.7 Å². The van der Waals surface area contributed by atoms with Crippen molar-refractivity contribution >= 4 is 34.8 Å². The summed E-state index contributed by atoms with van der Waals surface area (Å²) in [5, 5.41) is 3.76. The molecule has 0 saturated carbocycles. The van der Waals surface area contributed by atoms with Gasteiger partial charge in [-0.3, -0.25) is 9.59 Å². The van der Waals surface area contributed by atoms with Crippen LogP contribution in [0.15, 0.2) is 78.2 Å². The van der Waals surface area contributed by atoms with Gasteiger partial charge >= 0.3 is 0 Å². The number of piperazine rings is 1. The fourth-order valence-electron chi connectivity index (χ4n) is 3.35. The molecule has 1 aliphatic heterocycles. The van der Waals surface area contributed by atoms with Crippen molar-refractivity contribution in [1.29, 1.82) is 0 Å². The molecule has 1 fully saturated rings. The minimum atomic E-state index is -0.0466. The first-order valence-electron chi connectivity index (χ1n) is 10.2. The summed E-state index contributed by atoms with van der Waals surface area (Å²) in [6, 6.07) is 14.4. The molecule has 0 aliphatic carbocycles. The molecule has 0 spiro atoms. The number of amides is 2. The summed E-state index contributed by atoms with van der Waals surface area (Å²) in [6.45, 7) is 7.70. The van der Waals surface area contributed by atoms with E-state index in [0.717, 1.165) is 11.3 Å². The Kier molecular flexibility index (Phi) is 7.68. The van der Waals surface area contributed by atoms with Crippen molar-refractivity contribution in [1.82, 2.24) is 9.80 Å². The third-order valence-electron chi connectivity index (χ3n) is 5.08. The molecule has 2 aromatic rings. The van der Waals surface area contributed by atoms with Gasteiger partial charge in [0.1, 0.15) is 5.82 Å². The molecule has 0 bridgehead atoms. The molecule has 0 atom stereocenters. The monoisotopic (exact) mass is 451 g/mol. The van der Waals surface area contributed by atoms with E-state index in [-0.39, 0.29) is 11.8 Å². The number of rotatable bonds is 6. The zero-order valence-electron chi connectivity index (χ0n) is 17.9. The van der Waals surface area contributed by atoms with Crippen LogP contribution in [0.25, 0.3) is 0 Å². The molecule has 8 heteroatoms. The molecule has 32 heavy (non-hydrogen) atoms. The molecule has 2 amide bonds. The Labute approximate surface area is 192 Å². The van der Waals surface area contributed by atoms with Gasteiger partial charge in [0.05, 0.1) is 5.71 Å². The van der Waals surface area contributed by atoms with Gasteiger partial charge in [0.2, 0.25) is 5.91 Å². The predicted octanol–water partition coefficient (Wildman–Crippen LogP) is 3.49. The predicted molar refractivity (Wildman–Crippen MR) is 129 cm³/mol. The second kappa shape index (κ2) is 10.6. The molecule has 2 aromatic carbocycles. The number of carbonyl (C=O) groups excluding carboxylic acids is 2. The van der Waals surface area contributed by atoms with E-state index < -0.39 is 0 Å². The van der Waals surface area contributed by atoms with Crippen molar-refractivity contribution in [2.24, 2.45) is 10.7 Å². The van der Waals surface area contributed by atoms with E-state index in [9.17, 15) is 9.59 Å². The smallest absolute Gasteiger partial charge is 0.253 e. The minimum absolute atomic E-state index is 0.0385. The van der Waals surface area contributed by atoms with Crippen LogP contribution in [-0.2, 0) is 4.79 Å². The zero-order valence-corrected chi connectivity index (χ0v) is 18.7. The minimum Gasteiger partial charge on any atom is -0.405 e. The van der Waals surface area contributed by atoms with Crippen LogP contribution in [-0.4, -0.2) is 53.5 Å². The third-order valence-corrected chi connectivity index (χ3v) is 5.33. The van der Waals surface area contributed by atoms with Crippen LogP contribution in [0.1, 0.15) is 22.8 Å². The van der Waals surface area contributed by atoms with E-state index in [1.54, 1.807) is 59.2 Å². The molecule has 1 heterocycles. The maximum atomic E-state index is 12.7. The van der Waals surface area contributed by atoms with Crippen LogP contribution in [0.5, 0.6) is 0 Å². The number of benzene rings is 2. The topological polar surface area (TPSA) is 91.0 Å². The molecule has 3 rings (SSSR count). The molecule has 166 valence electrons. The molecule has 0 unspecified atom stereocenters. The molecule has 3 N–H and O–H groups in total.